The fourth-order valence-electron chi connectivity index (χ4n) is 0.779. The summed E-state index contributed by atoms with van der Waals surface area (Å²) in [5.74, 6) is -0.0878. The van der Waals surface area contributed by atoms with E-state index in [4.69, 9.17) is 5.21 Å². The Morgan fingerprint density at radius 3 is 2.83 bits per heavy atom. The lowest BCUT2D eigenvalue weighted by molar-refractivity contribution is 0.100. The zero-order chi connectivity index (χ0) is 8.81. The molecule has 0 saturated heterocycles. The second kappa shape index (κ2) is 4.23. The molecule has 1 aromatic heterocycles. The molecule has 0 spiro atoms. The SMILES string of the molecule is O=C(C/C=N/O)c1ccncc1. The van der Waals surface area contributed by atoms with Crippen LogP contribution in [-0.2, 0) is 0 Å². The van der Waals surface area contributed by atoms with E-state index in [1.165, 1.54) is 0 Å². The molecule has 1 N–H and O–H groups in total. The lowest BCUT2D eigenvalue weighted by Gasteiger charge is -1.93. The molecule has 1 heterocycles. The second-order valence-corrected chi connectivity index (χ2v) is 2.16. The molecule has 12 heavy (non-hydrogen) atoms. The first kappa shape index (κ1) is 8.39. The number of carbonyl (C=O) groups is 1. The highest BCUT2D eigenvalue weighted by atomic mass is 16.4. The van der Waals surface area contributed by atoms with Crippen LogP contribution in [0.2, 0.25) is 0 Å². The van der Waals surface area contributed by atoms with Gasteiger partial charge in [-0.25, -0.2) is 0 Å². The molecule has 0 bridgehead atoms. The maximum Gasteiger partial charge on any atom is 0.168 e. The highest BCUT2D eigenvalue weighted by Gasteiger charge is 2.01. The molecule has 0 aliphatic rings. The molecule has 0 aliphatic heterocycles. The Labute approximate surface area is 69.6 Å². The summed E-state index contributed by atoms with van der Waals surface area (Å²) in [7, 11) is 0. The van der Waals surface area contributed by atoms with Gasteiger partial charge in [0.1, 0.15) is 0 Å². The van der Waals surface area contributed by atoms with E-state index >= 15 is 0 Å². The molecule has 4 heteroatoms. The molecule has 62 valence electrons. The number of ketones is 1. The maximum atomic E-state index is 11.2. The minimum atomic E-state index is -0.0878. The molecule has 0 aromatic carbocycles. The van der Waals surface area contributed by atoms with Gasteiger partial charge < -0.3 is 5.21 Å². The third kappa shape index (κ3) is 2.16. The van der Waals surface area contributed by atoms with E-state index < -0.39 is 0 Å². The predicted octanol–water partition coefficient (Wildman–Crippen LogP) is 1.11. The van der Waals surface area contributed by atoms with Crippen LogP contribution >= 0.6 is 0 Å². The first-order valence-electron chi connectivity index (χ1n) is 3.43. The molecule has 0 saturated carbocycles. The topological polar surface area (TPSA) is 62.5 Å². The first-order valence-corrected chi connectivity index (χ1v) is 3.43. The van der Waals surface area contributed by atoms with Crippen molar-refractivity contribution in [1.29, 1.82) is 0 Å². The molecule has 0 unspecified atom stereocenters. The van der Waals surface area contributed by atoms with Crippen LogP contribution in [0, 0.1) is 0 Å². The number of pyridine rings is 1. The van der Waals surface area contributed by atoms with Gasteiger partial charge in [0.25, 0.3) is 0 Å². The van der Waals surface area contributed by atoms with Crippen LogP contribution in [-0.4, -0.2) is 22.2 Å². The van der Waals surface area contributed by atoms with Crippen molar-refractivity contribution in [2.45, 2.75) is 6.42 Å². The van der Waals surface area contributed by atoms with Crippen molar-refractivity contribution in [1.82, 2.24) is 4.98 Å². The fourth-order valence-corrected chi connectivity index (χ4v) is 0.779. The van der Waals surface area contributed by atoms with Crippen LogP contribution < -0.4 is 0 Å². The van der Waals surface area contributed by atoms with Gasteiger partial charge in [-0.05, 0) is 12.1 Å². The standard InChI is InChI=1S/C8H8N2O2/c11-8(3-6-10-12)7-1-4-9-5-2-7/h1-2,4-6,12H,3H2/b10-6+. The monoisotopic (exact) mass is 164 g/mol. The van der Waals surface area contributed by atoms with E-state index in [9.17, 15) is 4.79 Å². The van der Waals surface area contributed by atoms with Crippen LogP contribution in [0.3, 0.4) is 0 Å². The summed E-state index contributed by atoms with van der Waals surface area (Å²) in [5, 5.41) is 10.8. The second-order valence-electron chi connectivity index (χ2n) is 2.16. The van der Waals surface area contributed by atoms with Gasteiger partial charge in [-0.1, -0.05) is 0 Å². The van der Waals surface area contributed by atoms with Gasteiger partial charge in [0.15, 0.2) is 5.78 Å². The van der Waals surface area contributed by atoms with Crippen molar-refractivity contribution in [3.63, 3.8) is 0 Å². The number of oxime groups is 1. The molecule has 1 rings (SSSR count). The third-order valence-electron chi connectivity index (χ3n) is 1.36. The molecule has 0 amide bonds. The molecule has 0 atom stereocenters. The van der Waals surface area contributed by atoms with E-state index in [1.807, 2.05) is 0 Å². The summed E-state index contributed by atoms with van der Waals surface area (Å²) in [6.07, 6.45) is 4.36. The number of carbonyl (C=O) groups excluding carboxylic acids is 1. The lowest BCUT2D eigenvalue weighted by Crippen LogP contribution is -1.99. The van der Waals surface area contributed by atoms with Gasteiger partial charge in [0.05, 0.1) is 6.21 Å². The van der Waals surface area contributed by atoms with E-state index in [0.29, 0.717) is 5.56 Å². The Bertz CT molecular complexity index is 282. The number of rotatable bonds is 3. The summed E-state index contributed by atoms with van der Waals surface area (Å²) in [4.78, 5) is 14.9. The van der Waals surface area contributed by atoms with Gasteiger partial charge in [-0.2, -0.15) is 0 Å². The van der Waals surface area contributed by atoms with Crippen molar-refractivity contribution in [3.05, 3.63) is 30.1 Å². The van der Waals surface area contributed by atoms with Crippen molar-refractivity contribution < 1.29 is 10.0 Å². The van der Waals surface area contributed by atoms with Crippen molar-refractivity contribution >= 4 is 12.0 Å². The number of nitrogens with zero attached hydrogens (tertiary/aromatic N) is 2. The number of Topliss-reactive ketones (excluding diaryl/α,β-unsaturated/α-hetero) is 1. The quantitative estimate of drug-likeness (QED) is 0.315. The largest absolute Gasteiger partial charge is 0.411 e. The minimum absolute atomic E-state index is 0.0878. The van der Waals surface area contributed by atoms with E-state index in [2.05, 4.69) is 10.1 Å². The highest BCUT2D eigenvalue weighted by Crippen LogP contribution is 1.99. The predicted molar refractivity (Wildman–Crippen MR) is 43.5 cm³/mol. The Balaban J connectivity index is 2.66. The van der Waals surface area contributed by atoms with Crippen molar-refractivity contribution in [3.8, 4) is 0 Å². The van der Waals surface area contributed by atoms with E-state index in [1.54, 1.807) is 24.5 Å². The average Bonchev–Trinajstić information content (AvgIpc) is 2.15. The number of hydrogen-bond donors (Lipinski definition) is 1. The zero-order valence-electron chi connectivity index (χ0n) is 6.34. The van der Waals surface area contributed by atoms with Crippen molar-refractivity contribution in [2.24, 2.45) is 5.16 Å². The summed E-state index contributed by atoms with van der Waals surface area (Å²) in [6.45, 7) is 0. The molecule has 0 aliphatic carbocycles. The van der Waals surface area contributed by atoms with Gasteiger partial charge in [-0.3, -0.25) is 9.78 Å². The van der Waals surface area contributed by atoms with Crippen molar-refractivity contribution in [2.75, 3.05) is 0 Å². The Morgan fingerprint density at radius 1 is 1.58 bits per heavy atom. The van der Waals surface area contributed by atoms with Gasteiger partial charge >= 0.3 is 0 Å². The lowest BCUT2D eigenvalue weighted by atomic mass is 10.1. The Kier molecular flexibility index (Phi) is 2.95. The van der Waals surface area contributed by atoms with Crippen LogP contribution in [0.1, 0.15) is 16.8 Å². The smallest absolute Gasteiger partial charge is 0.168 e. The van der Waals surface area contributed by atoms with Gasteiger partial charge in [0.2, 0.25) is 0 Å². The number of hydrogen-bond acceptors (Lipinski definition) is 4. The minimum Gasteiger partial charge on any atom is -0.411 e. The molecular weight excluding hydrogens is 156 g/mol. The Morgan fingerprint density at radius 2 is 2.25 bits per heavy atom. The van der Waals surface area contributed by atoms with Crippen LogP contribution in [0.4, 0.5) is 0 Å². The van der Waals surface area contributed by atoms with Gasteiger partial charge in [0, 0.05) is 24.4 Å². The molecule has 0 radical (unpaired) electrons. The summed E-state index contributed by atoms with van der Waals surface area (Å²) in [5.41, 5.74) is 0.574. The maximum absolute atomic E-state index is 11.2. The highest BCUT2D eigenvalue weighted by molar-refractivity contribution is 6.03. The Hall–Kier alpha value is -1.71. The normalized spacial score (nSPS) is 10.3. The van der Waals surface area contributed by atoms with Crippen LogP contribution in [0.25, 0.3) is 0 Å². The summed E-state index contributed by atoms with van der Waals surface area (Å²) < 4.78 is 0. The van der Waals surface area contributed by atoms with Crippen LogP contribution in [0.5, 0.6) is 0 Å². The number of aromatic nitrogens is 1. The van der Waals surface area contributed by atoms with E-state index in [0.717, 1.165) is 6.21 Å². The summed E-state index contributed by atoms with van der Waals surface area (Å²) >= 11 is 0. The van der Waals surface area contributed by atoms with Crippen LogP contribution in [0.15, 0.2) is 29.7 Å². The summed E-state index contributed by atoms with van der Waals surface area (Å²) in [6, 6.07) is 3.24. The molecule has 1 aromatic rings. The molecular formula is C8H8N2O2. The molecule has 0 fully saturated rings. The fraction of sp³-hybridized carbons (Fsp3) is 0.125. The average molecular weight is 164 g/mol. The van der Waals surface area contributed by atoms with E-state index in [-0.39, 0.29) is 12.2 Å². The third-order valence-corrected chi connectivity index (χ3v) is 1.36. The zero-order valence-corrected chi connectivity index (χ0v) is 6.34. The first-order chi connectivity index (χ1) is 5.84. The van der Waals surface area contributed by atoms with Gasteiger partial charge in [-0.15, -0.1) is 5.16 Å². The molecule has 4 nitrogen and oxygen atoms in total.